The van der Waals surface area contributed by atoms with E-state index in [4.69, 9.17) is 4.42 Å². The van der Waals surface area contributed by atoms with E-state index in [2.05, 4.69) is 15.4 Å². The summed E-state index contributed by atoms with van der Waals surface area (Å²) in [5.74, 6) is 0.338. The average molecular weight is 192 g/mol. The lowest BCUT2D eigenvalue weighted by Gasteiger charge is -1.90. The average Bonchev–Trinajstić information content (AvgIpc) is 2.75. The van der Waals surface area contributed by atoms with Crippen molar-refractivity contribution in [2.45, 2.75) is 6.42 Å². The minimum atomic E-state index is -0.0771. The molecule has 0 atom stereocenters. The van der Waals surface area contributed by atoms with Crippen LogP contribution in [0, 0.1) is 0 Å². The van der Waals surface area contributed by atoms with Crippen LogP contribution < -0.4 is 0 Å². The highest BCUT2D eigenvalue weighted by Crippen LogP contribution is 2.04. The minimum Gasteiger partial charge on any atom is -0.472 e. The number of aromatic nitrogens is 4. The number of tetrazole rings is 1. The molecule has 0 saturated heterocycles. The van der Waals surface area contributed by atoms with Crippen molar-refractivity contribution in [1.29, 1.82) is 0 Å². The first kappa shape index (κ1) is 8.61. The molecule has 2 rings (SSSR count). The lowest BCUT2D eigenvalue weighted by Crippen LogP contribution is -2.04. The first-order chi connectivity index (χ1) is 6.75. The number of carbonyl (C=O) groups excluding carboxylic acids is 1. The van der Waals surface area contributed by atoms with Crippen molar-refractivity contribution in [3.63, 3.8) is 0 Å². The fraction of sp³-hybridized carbons (Fsp3) is 0.250. The number of aryl methyl sites for hydroxylation is 1. The fourth-order valence-corrected chi connectivity index (χ4v) is 1.06. The van der Waals surface area contributed by atoms with E-state index in [1.54, 1.807) is 13.1 Å². The summed E-state index contributed by atoms with van der Waals surface area (Å²) in [6.07, 6.45) is 3.00. The zero-order chi connectivity index (χ0) is 9.97. The monoisotopic (exact) mass is 192 g/mol. The molecule has 0 saturated carbocycles. The Bertz CT molecular complexity index is 432. The van der Waals surface area contributed by atoms with Crippen LogP contribution in [-0.4, -0.2) is 26.0 Å². The lowest BCUT2D eigenvalue weighted by atomic mass is 10.1. The molecule has 72 valence electrons. The normalized spacial score (nSPS) is 10.4. The molecule has 0 unspecified atom stereocenters. The van der Waals surface area contributed by atoms with Gasteiger partial charge in [0, 0.05) is 0 Å². The maximum atomic E-state index is 11.5. The van der Waals surface area contributed by atoms with Crippen LogP contribution in [0.4, 0.5) is 0 Å². The minimum absolute atomic E-state index is 0.0771. The van der Waals surface area contributed by atoms with Gasteiger partial charge in [-0.15, -0.1) is 10.2 Å². The van der Waals surface area contributed by atoms with Gasteiger partial charge < -0.3 is 4.42 Å². The number of carbonyl (C=O) groups is 1. The van der Waals surface area contributed by atoms with Crippen LogP contribution in [0.2, 0.25) is 0 Å². The first-order valence-corrected chi connectivity index (χ1v) is 4.04. The zero-order valence-corrected chi connectivity index (χ0v) is 7.54. The van der Waals surface area contributed by atoms with E-state index in [1.807, 2.05) is 0 Å². The van der Waals surface area contributed by atoms with E-state index >= 15 is 0 Å². The Labute approximate surface area is 79.5 Å². The van der Waals surface area contributed by atoms with Gasteiger partial charge in [-0.05, 0) is 11.3 Å². The summed E-state index contributed by atoms with van der Waals surface area (Å²) >= 11 is 0. The molecule has 0 spiro atoms. The molecule has 2 aromatic heterocycles. The first-order valence-electron chi connectivity index (χ1n) is 4.04. The van der Waals surface area contributed by atoms with Gasteiger partial charge in [-0.2, -0.15) is 4.80 Å². The number of ketones is 1. The zero-order valence-electron chi connectivity index (χ0n) is 7.54. The predicted octanol–water partition coefficient (Wildman–Crippen LogP) is 0.228. The maximum Gasteiger partial charge on any atom is 0.182 e. The summed E-state index contributed by atoms with van der Waals surface area (Å²) in [5, 5.41) is 11.3. The van der Waals surface area contributed by atoms with E-state index in [1.165, 1.54) is 17.3 Å². The van der Waals surface area contributed by atoms with Crippen LogP contribution in [0.1, 0.15) is 16.2 Å². The summed E-state index contributed by atoms with van der Waals surface area (Å²) in [5.41, 5.74) is 0.525. The highest BCUT2D eigenvalue weighted by molar-refractivity contribution is 5.96. The van der Waals surface area contributed by atoms with Crippen LogP contribution in [-0.2, 0) is 13.5 Å². The van der Waals surface area contributed by atoms with Crippen molar-refractivity contribution in [3.05, 3.63) is 30.0 Å². The van der Waals surface area contributed by atoms with Gasteiger partial charge in [-0.3, -0.25) is 4.79 Å². The Hall–Kier alpha value is -1.98. The Kier molecular flexibility index (Phi) is 2.10. The van der Waals surface area contributed by atoms with Gasteiger partial charge in [0.1, 0.15) is 6.26 Å². The Morgan fingerprint density at radius 2 is 2.50 bits per heavy atom. The highest BCUT2D eigenvalue weighted by Gasteiger charge is 2.11. The smallest absolute Gasteiger partial charge is 0.182 e. The van der Waals surface area contributed by atoms with Gasteiger partial charge in [-0.25, -0.2) is 0 Å². The lowest BCUT2D eigenvalue weighted by molar-refractivity contribution is 0.0990. The third-order valence-corrected chi connectivity index (χ3v) is 1.71. The Balaban J connectivity index is 2.09. The second kappa shape index (κ2) is 3.41. The Morgan fingerprint density at radius 3 is 3.07 bits per heavy atom. The van der Waals surface area contributed by atoms with Crippen LogP contribution >= 0.6 is 0 Å². The van der Waals surface area contributed by atoms with Gasteiger partial charge in [0.05, 0.1) is 25.3 Å². The molecule has 2 heterocycles. The molecule has 0 aromatic carbocycles. The molecule has 0 N–H and O–H groups in total. The van der Waals surface area contributed by atoms with Gasteiger partial charge in [0.15, 0.2) is 11.6 Å². The number of hydrogen-bond donors (Lipinski definition) is 0. The molecule has 0 bridgehead atoms. The van der Waals surface area contributed by atoms with E-state index < -0.39 is 0 Å². The van der Waals surface area contributed by atoms with Crippen molar-refractivity contribution in [1.82, 2.24) is 20.2 Å². The molecule has 6 heteroatoms. The molecular formula is C8H8N4O2. The molecule has 0 amide bonds. The topological polar surface area (TPSA) is 73.8 Å². The summed E-state index contributed by atoms with van der Waals surface area (Å²) < 4.78 is 4.80. The van der Waals surface area contributed by atoms with Crippen LogP contribution in [0.3, 0.4) is 0 Å². The molecule has 0 aliphatic heterocycles. The molecule has 0 fully saturated rings. The van der Waals surface area contributed by atoms with Gasteiger partial charge in [0.2, 0.25) is 0 Å². The summed E-state index contributed by atoms with van der Waals surface area (Å²) in [4.78, 5) is 12.8. The molecule has 2 aromatic rings. The highest BCUT2D eigenvalue weighted by atomic mass is 16.3. The maximum absolute atomic E-state index is 11.5. The van der Waals surface area contributed by atoms with Crippen LogP contribution in [0.25, 0.3) is 0 Å². The molecule has 6 nitrogen and oxygen atoms in total. The van der Waals surface area contributed by atoms with Crippen LogP contribution in [0.15, 0.2) is 23.0 Å². The second-order valence-electron chi connectivity index (χ2n) is 2.81. The largest absolute Gasteiger partial charge is 0.472 e. The summed E-state index contributed by atoms with van der Waals surface area (Å²) in [6, 6.07) is 1.61. The quantitative estimate of drug-likeness (QED) is 0.651. The Morgan fingerprint density at radius 1 is 1.64 bits per heavy atom. The van der Waals surface area contributed by atoms with Gasteiger partial charge >= 0.3 is 0 Å². The van der Waals surface area contributed by atoms with E-state index in [-0.39, 0.29) is 12.2 Å². The number of furan rings is 1. The number of rotatable bonds is 3. The van der Waals surface area contributed by atoms with Crippen molar-refractivity contribution in [2.75, 3.05) is 0 Å². The SMILES string of the molecule is Cn1nnc(CC(=O)c2ccoc2)n1. The van der Waals surface area contributed by atoms with Crippen molar-refractivity contribution < 1.29 is 9.21 Å². The van der Waals surface area contributed by atoms with Gasteiger partial charge in [-0.1, -0.05) is 0 Å². The molecule has 0 aliphatic carbocycles. The second-order valence-corrected chi connectivity index (χ2v) is 2.81. The van der Waals surface area contributed by atoms with Crippen molar-refractivity contribution in [3.8, 4) is 0 Å². The molecule has 0 radical (unpaired) electrons. The van der Waals surface area contributed by atoms with Gasteiger partial charge in [0.25, 0.3) is 0 Å². The number of hydrogen-bond acceptors (Lipinski definition) is 5. The third-order valence-electron chi connectivity index (χ3n) is 1.71. The van der Waals surface area contributed by atoms with E-state index in [9.17, 15) is 4.79 Å². The van der Waals surface area contributed by atoms with Crippen molar-refractivity contribution in [2.24, 2.45) is 7.05 Å². The number of nitrogens with zero attached hydrogens (tertiary/aromatic N) is 4. The third kappa shape index (κ3) is 1.68. The van der Waals surface area contributed by atoms with Crippen molar-refractivity contribution >= 4 is 5.78 Å². The molecule has 14 heavy (non-hydrogen) atoms. The number of Topliss-reactive ketones (excluding diaryl/α,β-unsaturated/α-hetero) is 1. The fourth-order valence-electron chi connectivity index (χ4n) is 1.06. The summed E-state index contributed by atoms with van der Waals surface area (Å²) in [7, 11) is 1.65. The standard InChI is InChI=1S/C8H8N4O2/c1-12-10-8(9-11-12)4-7(13)6-2-3-14-5-6/h2-3,5H,4H2,1H3. The predicted molar refractivity (Wildman–Crippen MR) is 45.5 cm³/mol. The molecular weight excluding hydrogens is 184 g/mol. The van der Waals surface area contributed by atoms with E-state index in [0.29, 0.717) is 11.4 Å². The summed E-state index contributed by atoms with van der Waals surface area (Å²) in [6.45, 7) is 0. The molecule has 0 aliphatic rings. The van der Waals surface area contributed by atoms with E-state index in [0.717, 1.165) is 0 Å². The van der Waals surface area contributed by atoms with Crippen LogP contribution in [0.5, 0.6) is 0 Å².